The predicted molar refractivity (Wildman–Crippen MR) is 118 cm³/mol. The summed E-state index contributed by atoms with van der Waals surface area (Å²) in [5.41, 5.74) is 1.65. The van der Waals surface area contributed by atoms with E-state index in [4.69, 9.17) is 9.47 Å². The predicted octanol–water partition coefficient (Wildman–Crippen LogP) is 5.16. The molecule has 2 aromatic carbocycles. The molecule has 0 unspecified atom stereocenters. The van der Waals surface area contributed by atoms with Crippen LogP contribution in [-0.2, 0) is 4.74 Å². The van der Waals surface area contributed by atoms with E-state index >= 15 is 0 Å². The van der Waals surface area contributed by atoms with Crippen molar-refractivity contribution in [1.82, 2.24) is 9.97 Å². The van der Waals surface area contributed by atoms with E-state index in [1.54, 1.807) is 30.3 Å². The number of halogens is 3. The van der Waals surface area contributed by atoms with Crippen LogP contribution in [0.2, 0.25) is 0 Å². The number of nitrogens with one attached hydrogen (secondary N) is 2. The number of hydrogen-bond donors (Lipinski definition) is 2. The van der Waals surface area contributed by atoms with Gasteiger partial charge in [-0.05, 0) is 37.1 Å². The fourth-order valence-electron chi connectivity index (χ4n) is 3.18. The van der Waals surface area contributed by atoms with E-state index in [2.05, 4.69) is 25.3 Å². The van der Waals surface area contributed by atoms with Crippen molar-refractivity contribution in [2.45, 2.75) is 25.2 Å². The van der Waals surface area contributed by atoms with Crippen LogP contribution < -0.4 is 20.1 Å². The molecular formula is C23H21F3N4O4. The number of carbonyl (C=O) groups is 1. The number of ether oxygens (including phenoxy) is 3. The number of anilines is 3. The first-order valence-electron chi connectivity index (χ1n) is 10.3. The molecule has 1 heterocycles. The van der Waals surface area contributed by atoms with Gasteiger partial charge in [-0.3, -0.25) is 0 Å². The fraction of sp³-hybridized carbons (Fsp3) is 0.261. The topological polar surface area (TPSA) is 94.6 Å². The van der Waals surface area contributed by atoms with E-state index in [0.29, 0.717) is 34.5 Å². The van der Waals surface area contributed by atoms with Gasteiger partial charge < -0.3 is 24.8 Å². The third-order valence-electron chi connectivity index (χ3n) is 4.88. The van der Waals surface area contributed by atoms with E-state index < -0.39 is 12.3 Å². The van der Waals surface area contributed by atoms with Gasteiger partial charge in [0.2, 0.25) is 5.95 Å². The Morgan fingerprint density at radius 3 is 2.53 bits per heavy atom. The second-order valence-electron chi connectivity index (χ2n) is 7.49. The second-order valence-corrected chi connectivity index (χ2v) is 7.49. The minimum absolute atomic E-state index is 0.252. The molecule has 178 valence electrons. The Hall–Kier alpha value is -4.02. The zero-order valence-corrected chi connectivity index (χ0v) is 18.3. The number of benzene rings is 2. The number of alkyl halides is 3. The van der Waals surface area contributed by atoms with Gasteiger partial charge in [-0.25, -0.2) is 9.78 Å². The summed E-state index contributed by atoms with van der Waals surface area (Å²) in [5, 5.41) is 6.33. The first kappa shape index (κ1) is 23.1. The molecular weight excluding hydrogens is 453 g/mol. The first-order chi connectivity index (χ1) is 16.2. The van der Waals surface area contributed by atoms with Gasteiger partial charge in [0.05, 0.1) is 19.9 Å². The highest BCUT2D eigenvalue weighted by Gasteiger charge is 2.31. The Bertz CT molecular complexity index is 1200. The number of nitrogens with zero attached hydrogens (tertiary/aromatic N) is 2. The highest BCUT2D eigenvalue weighted by atomic mass is 19.4. The normalized spacial score (nSPS) is 13.2. The molecule has 0 bridgehead atoms. The molecule has 34 heavy (non-hydrogen) atoms. The van der Waals surface area contributed by atoms with Crippen LogP contribution in [0.1, 0.15) is 23.2 Å². The molecule has 1 saturated carbocycles. The number of rotatable bonds is 8. The molecule has 0 radical (unpaired) electrons. The molecule has 1 aromatic heterocycles. The summed E-state index contributed by atoms with van der Waals surface area (Å²) in [6.45, 7) is 0. The van der Waals surface area contributed by atoms with Crippen LogP contribution in [0.5, 0.6) is 11.5 Å². The van der Waals surface area contributed by atoms with Gasteiger partial charge in [-0.2, -0.15) is 4.98 Å². The van der Waals surface area contributed by atoms with Crippen LogP contribution in [0.3, 0.4) is 0 Å². The number of esters is 1. The molecule has 8 nitrogen and oxygen atoms in total. The largest absolute Gasteiger partial charge is 0.573 e. The zero-order valence-electron chi connectivity index (χ0n) is 18.3. The molecule has 1 fully saturated rings. The number of aromatic nitrogens is 2. The van der Waals surface area contributed by atoms with Crippen molar-refractivity contribution in [3.8, 4) is 22.8 Å². The van der Waals surface area contributed by atoms with E-state index in [0.717, 1.165) is 12.8 Å². The van der Waals surface area contributed by atoms with Gasteiger partial charge in [0.1, 0.15) is 22.9 Å². The molecule has 1 aliphatic carbocycles. The van der Waals surface area contributed by atoms with Crippen molar-refractivity contribution in [2.75, 3.05) is 24.9 Å². The van der Waals surface area contributed by atoms with Crippen LogP contribution in [0.4, 0.5) is 30.6 Å². The second kappa shape index (κ2) is 9.46. The van der Waals surface area contributed by atoms with Crippen molar-refractivity contribution in [2.24, 2.45) is 0 Å². The average molecular weight is 474 g/mol. The number of methoxy groups -OCH3 is 2. The molecule has 3 aromatic rings. The lowest BCUT2D eigenvalue weighted by Gasteiger charge is -2.14. The Morgan fingerprint density at radius 1 is 1.06 bits per heavy atom. The SMILES string of the molecule is COC(=O)c1ccc(Nc2cc(-c3cccc(OC(F)(F)F)c3)nc(NC3CC3)n2)cc1OC. The molecule has 0 aliphatic heterocycles. The van der Waals surface area contributed by atoms with Gasteiger partial charge in [-0.1, -0.05) is 12.1 Å². The highest BCUT2D eigenvalue weighted by Crippen LogP contribution is 2.31. The van der Waals surface area contributed by atoms with Crippen LogP contribution >= 0.6 is 0 Å². The molecule has 2 N–H and O–H groups in total. The van der Waals surface area contributed by atoms with Gasteiger partial charge in [0, 0.05) is 29.4 Å². The standard InChI is InChI=1S/C23H21F3N4O4/c1-32-19-11-15(8-9-17(19)21(31)33-2)27-20-12-18(29-22(30-20)28-14-6-7-14)13-4-3-5-16(10-13)34-23(24,25)26/h3-5,8-12,14H,6-7H2,1-2H3,(H2,27,28,29,30). The maximum absolute atomic E-state index is 12.7. The summed E-state index contributed by atoms with van der Waals surface area (Å²) in [4.78, 5) is 20.8. The monoisotopic (exact) mass is 474 g/mol. The van der Waals surface area contributed by atoms with Crippen LogP contribution in [0.15, 0.2) is 48.5 Å². The minimum atomic E-state index is -4.80. The van der Waals surface area contributed by atoms with Crippen LogP contribution in [0.25, 0.3) is 11.3 Å². The van der Waals surface area contributed by atoms with Crippen LogP contribution in [-0.4, -0.2) is 42.6 Å². The molecule has 0 spiro atoms. The van der Waals surface area contributed by atoms with Crippen molar-refractivity contribution in [3.05, 3.63) is 54.1 Å². The van der Waals surface area contributed by atoms with E-state index in [1.807, 2.05) is 0 Å². The van der Waals surface area contributed by atoms with Gasteiger partial charge in [-0.15, -0.1) is 13.2 Å². The fourth-order valence-corrected chi connectivity index (χ4v) is 3.18. The highest BCUT2D eigenvalue weighted by molar-refractivity contribution is 5.93. The Morgan fingerprint density at radius 2 is 1.85 bits per heavy atom. The summed E-state index contributed by atoms with van der Waals surface area (Å²) < 4.78 is 52.0. The molecule has 4 rings (SSSR count). The maximum atomic E-state index is 12.7. The summed E-state index contributed by atoms with van der Waals surface area (Å²) in [7, 11) is 2.71. The lowest BCUT2D eigenvalue weighted by Crippen LogP contribution is -2.17. The molecule has 1 aliphatic rings. The van der Waals surface area contributed by atoms with Gasteiger partial charge in [0.25, 0.3) is 0 Å². The van der Waals surface area contributed by atoms with E-state index in [1.165, 1.54) is 32.4 Å². The average Bonchev–Trinajstić information content (AvgIpc) is 3.61. The minimum Gasteiger partial charge on any atom is -0.496 e. The Labute approximate surface area is 193 Å². The van der Waals surface area contributed by atoms with Gasteiger partial charge >= 0.3 is 12.3 Å². The summed E-state index contributed by atoms with van der Waals surface area (Å²) >= 11 is 0. The van der Waals surface area contributed by atoms with Crippen molar-refractivity contribution in [3.63, 3.8) is 0 Å². The lowest BCUT2D eigenvalue weighted by molar-refractivity contribution is -0.274. The third-order valence-corrected chi connectivity index (χ3v) is 4.88. The number of hydrogen-bond acceptors (Lipinski definition) is 8. The number of carbonyl (C=O) groups excluding carboxylic acids is 1. The van der Waals surface area contributed by atoms with Crippen molar-refractivity contribution >= 4 is 23.4 Å². The summed E-state index contributed by atoms with van der Waals surface area (Å²) in [6, 6.07) is 12.2. The first-order valence-corrected chi connectivity index (χ1v) is 10.3. The quantitative estimate of drug-likeness (QED) is 0.433. The van der Waals surface area contributed by atoms with Crippen molar-refractivity contribution < 1.29 is 32.2 Å². The molecule has 0 saturated heterocycles. The summed E-state index contributed by atoms with van der Waals surface area (Å²) in [5.74, 6) is 0.146. The maximum Gasteiger partial charge on any atom is 0.573 e. The van der Waals surface area contributed by atoms with Gasteiger partial charge in [0.15, 0.2) is 0 Å². The van der Waals surface area contributed by atoms with E-state index in [9.17, 15) is 18.0 Å². The van der Waals surface area contributed by atoms with Crippen LogP contribution in [0, 0.1) is 0 Å². The molecule has 11 heteroatoms. The third kappa shape index (κ3) is 5.85. The lowest BCUT2D eigenvalue weighted by atomic mass is 10.1. The van der Waals surface area contributed by atoms with E-state index in [-0.39, 0.29) is 17.4 Å². The smallest absolute Gasteiger partial charge is 0.496 e. The van der Waals surface area contributed by atoms with Crippen molar-refractivity contribution in [1.29, 1.82) is 0 Å². The molecule has 0 atom stereocenters. The summed E-state index contributed by atoms with van der Waals surface area (Å²) in [6.07, 6.45) is -2.83. The Kier molecular flexibility index (Phi) is 6.44. The molecule has 0 amide bonds. The zero-order chi connectivity index (χ0) is 24.3. The Balaban J connectivity index is 1.67.